The van der Waals surface area contributed by atoms with Gasteiger partial charge < -0.3 is 0 Å². The van der Waals surface area contributed by atoms with Crippen molar-refractivity contribution in [2.75, 3.05) is 6.54 Å². The molecule has 4 nitrogen and oxygen atoms in total. The fourth-order valence-corrected chi connectivity index (χ4v) is 3.40. The second kappa shape index (κ2) is 3.71. The number of hydrogen-bond acceptors (Lipinski definition) is 3. The lowest BCUT2D eigenvalue weighted by Gasteiger charge is -2.25. The van der Waals surface area contributed by atoms with Gasteiger partial charge in [-0.25, -0.2) is 22.1 Å². The maximum absolute atomic E-state index is 13.0. The van der Waals surface area contributed by atoms with E-state index in [1.54, 1.807) is 6.92 Å². The monoisotopic (exact) mass is 262 g/mol. The van der Waals surface area contributed by atoms with E-state index < -0.39 is 15.8 Å². The SMILES string of the molecule is CCN1C(Cl)=Nc2ccc(F)cc2S1(=O)=O. The fourth-order valence-electron chi connectivity index (χ4n) is 1.46. The first-order valence-electron chi connectivity index (χ1n) is 4.53. The molecular formula is C9H8ClFN2O2S. The van der Waals surface area contributed by atoms with Crippen molar-refractivity contribution in [2.45, 2.75) is 11.8 Å². The summed E-state index contributed by atoms with van der Waals surface area (Å²) in [4.78, 5) is 3.74. The van der Waals surface area contributed by atoms with E-state index in [0.717, 1.165) is 16.4 Å². The Morgan fingerprint density at radius 3 is 2.81 bits per heavy atom. The quantitative estimate of drug-likeness (QED) is 0.728. The molecule has 0 atom stereocenters. The summed E-state index contributed by atoms with van der Waals surface area (Å²) in [6.45, 7) is 1.78. The number of nitrogens with zero attached hydrogens (tertiary/aromatic N) is 2. The van der Waals surface area contributed by atoms with Gasteiger partial charge in [0.05, 0.1) is 5.69 Å². The molecule has 86 valence electrons. The van der Waals surface area contributed by atoms with Gasteiger partial charge in [-0.2, -0.15) is 0 Å². The van der Waals surface area contributed by atoms with Crippen LogP contribution in [0, 0.1) is 5.82 Å². The van der Waals surface area contributed by atoms with Gasteiger partial charge in [0.15, 0.2) is 0 Å². The zero-order valence-corrected chi connectivity index (χ0v) is 9.89. The first kappa shape index (κ1) is 11.3. The summed E-state index contributed by atoms with van der Waals surface area (Å²) in [5.41, 5.74) is 0.163. The molecular weight excluding hydrogens is 255 g/mol. The number of amidine groups is 1. The van der Waals surface area contributed by atoms with Gasteiger partial charge in [-0.3, -0.25) is 0 Å². The highest BCUT2D eigenvalue weighted by Crippen LogP contribution is 2.33. The topological polar surface area (TPSA) is 49.7 Å². The Bertz CT molecular complexity index is 571. The Labute approximate surface area is 97.4 Å². The van der Waals surface area contributed by atoms with Crippen LogP contribution in [0.3, 0.4) is 0 Å². The lowest BCUT2D eigenvalue weighted by atomic mass is 10.3. The van der Waals surface area contributed by atoms with Crippen LogP contribution >= 0.6 is 11.6 Å². The molecule has 2 rings (SSSR count). The molecule has 0 saturated heterocycles. The summed E-state index contributed by atoms with van der Waals surface area (Å²) in [5, 5.41) is -0.124. The number of rotatable bonds is 1. The van der Waals surface area contributed by atoms with Crippen LogP contribution in [-0.2, 0) is 10.0 Å². The van der Waals surface area contributed by atoms with Crippen molar-refractivity contribution in [1.29, 1.82) is 0 Å². The molecule has 16 heavy (non-hydrogen) atoms. The van der Waals surface area contributed by atoms with Crippen molar-refractivity contribution in [3.05, 3.63) is 24.0 Å². The van der Waals surface area contributed by atoms with Crippen LogP contribution in [0.1, 0.15) is 6.92 Å². The van der Waals surface area contributed by atoms with E-state index in [1.165, 1.54) is 6.07 Å². The third-order valence-corrected chi connectivity index (χ3v) is 4.48. The molecule has 1 heterocycles. The lowest BCUT2D eigenvalue weighted by molar-refractivity contribution is 0.529. The molecule has 0 N–H and O–H groups in total. The molecule has 1 aliphatic heterocycles. The largest absolute Gasteiger partial charge is 0.268 e. The molecule has 0 unspecified atom stereocenters. The molecule has 0 aromatic heterocycles. The number of halogens is 2. The van der Waals surface area contributed by atoms with Crippen molar-refractivity contribution in [1.82, 2.24) is 4.31 Å². The number of benzene rings is 1. The van der Waals surface area contributed by atoms with E-state index in [2.05, 4.69) is 4.99 Å². The summed E-state index contributed by atoms with van der Waals surface area (Å²) >= 11 is 5.74. The van der Waals surface area contributed by atoms with Crippen molar-refractivity contribution < 1.29 is 12.8 Å². The molecule has 0 aliphatic carbocycles. The van der Waals surface area contributed by atoms with Crippen LogP contribution in [0.4, 0.5) is 10.1 Å². The Morgan fingerprint density at radius 1 is 1.50 bits per heavy atom. The summed E-state index contributed by atoms with van der Waals surface area (Å²) in [5.74, 6) is -0.619. The standard InChI is InChI=1S/C9H8ClFN2O2S/c1-2-13-9(10)12-7-4-3-6(11)5-8(7)16(13,14)15/h3-5H,2H2,1H3. The van der Waals surface area contributed by atoms with Crippen LogP contribution in [0.2, 0.25) is 0 Å². The van der Waals surface area contributed by atoms with Crippen molar-refractivity contribution in [3.63, 3.8) is 0 Å². The highest BCUT2D eigenvalue weighted by Gasteiger charge is 2.32. The van der Waals surface area contributed by atoms with Gasteiger partial charge >= 0.3 is 0 Å². The smallest absolute Gasteiger partial charge is 0.240 e. The van der Waals surface area contributed by atoms with Crippen LogP contribution in [0.5, 0.6) is 0 Å². The zero-order valence-electron chi connectivity index (χ0n) is 8.31. The molecule has 1 aromatic rings. The molecule has 7 heteroatoms. The number of aliphatic imine (C=N–C) groups is 1. The van der Waals surface area contributed by atoms with Gasteiger partial charge in [0.25, 0.3) is 10.0 Å². The summed E-state index contributed by atoms with van der Waals surface area (Å²) < 4.78 is 37.9. The molecule has 0 radical (unpaired) electrons. The van der Waals surface area contributed by atoms with Gasteiger partial charge in [0.2, 0.25) is 5.29 Å². The average molecular weight is 263 g/mol. The van der Waals surface area contributed by atoms with E-state index in [4.69, 9.17) is 11.6 Å². The molecule has 0 bridgehead atoms. The van der Waals surface area contributed by atoms with Crippen LogP contribution in [0.25, 0.3) is 0 Å². The van der Waals surface area contributed by atoms with Crippen LogP contribution in [-0.4, -0.2) is 24.6 Å². The molecule has 1 aliphatic rings. The third kappa shape index (κ3) is 1.58. The minimum Gasteiger partial charge on any atom is -0.240 e. The molecule has 1 aromatic carbocycles. The van der Waals surface area contributed by atoms with Crippen molar-refractivity contribution in [3.8, 4) is 0 Å². The maximum atomic E-state index is 13.0. The van der Waals surface area contributed by atoms with E-state index in [9.17, 15) is 12.8 Å². The molecule has 0 amide bonds. The highest BCUT2D eigenvalue weighted by atomic mass is 35.5. The predicted octanol–water partition coefficient (Wildman–Crippen LogP) is 2.08. The molecule has 0 spiro atoms. The molecule has 0 fully saturated rings. The predicted molar refractivity (Wildman–Crippen MR) is 58.9 cm³/mol. The number of hydrogen-bond donors (Lipinski definition) is 0. The van der Waals surface area contributed by atoms with E-state index in [1.807, 2.05) is 0 Å². The second-order valence-corrected chi connectivity index (χ2v) is 5.33. The maximum Gasteiger partial charge on any atom is 0.268 e. The minimum atomic E-state index is -3.77. The third-order valence-electron chi connectivity index (χ3n) is 2.20. The van der Waals surface area contributed by atoms with Gasteiger partial charge in [0, 0.05) is 6.54 Å². The minimum absolute atomic E-state index is 0.124. The Morgan fingerprint density at radius 2 is 2.19 bits per heavy atom. The summed E-state index contributed by atoms with van der Waals surface area (Å²) in [6.07, 6.45) is 0. The van der Waals surface area contributed by atoms with Crippen LogP contribution < -0.4 is 0 Å². The van der Waals surface area contributed by atoms with Crippen molar-refractivity contribution >= 4 is 32.6 Å². The Kier molecular flexibility index (Phi) is 2.63. The second-order valence-electron chi connectivity index (χ2n) is 3.16. The summed E-state index contributed by atoms with van der Waals surface area (Å²) in [6, 6.07) is 3.38. The van der Waals surface area contributed by atoms with E-state index in [0.29, 0.717) is 0 Å². The van der Waals surface area contributed by atoms with Crippen LogP contribution in [0.15, 0.2) is 28.1 Å². The van der Waals surface area contributed by atoms with E-state index >= 15 is 0 Å². The first-order valence-corrected chi connectivity index (χ1v) is 6.35. The Balaban J connectivity index is 2.74. The van der Waals surface area contributed by atoms with Gasteiger partial charge in [0.1, 0.15) is 10.7 Å². The fraction of sp³-hybridized carbons (Fsp3) is 0.222. The lowest BCUT2D eigenvalue weighted by Crippen LogP contribution is -2.36. The van der Waals surface area contributed by atoms with Gasteiger partial charge in [-0.1, -0.05) is 0 Å². The van der Waals surface area contributed by atoms with Crippen molar-refractivity contribution in [2.24, 2.45) is 4.99 Å². The van der Waals surface area contributed by atoms with Gasteiger partial charge in [-0.15, -0.1) is 0 Å². The van der Waals surface area contributed by atoms with Gasteiger partial charge in [-0.05, 0) is 36.7 Å². The average Bonchev–Trinajstić information content (AvgIpc) is 2.19. The normalized spacial score (nSPS) is 17.9. The Hall–Kier alpha value is -1.14. The highest BCUT2D eigenvalue weighted by molar-refractivity contribution is 7.90. The summed E-state index contributed by atoms with van der Waals surface area (Å²) in [7, 11) is -3.77. The first-order chi connectivity index (χ1) is 7.46. The van der Waals surface area contributed by atoms with E-state index in [-0.39, 0.29) is 22.4 Å². The number of fused-ring (bicyclic) bond motifs is 1. The molecule has 0 saturated carbocycles. The zero-order chi connectivity index (χ0) is 11.9. The number of sulfonamides is 1.